The van der Waals surface area contributed by atoms with Crippen molar-refractivity contribution in [1.82, 2.24) is 4.57 Å². The van der Waals surface area contributed by atoms with Gasteiger partial charge in [0.25, 0.3) is 0 Å². The van der Waals surface area contributed by atoms with Crippen molar-refractivity contribution in [2.75, 3.05) is 11.5 Å². The van der Waals surface area contributed by atoms with E-state index in [-0.39, 0.29) is 17.6 Å². The van der Waals surface area contributed by atoms with Crippen LogP contribution >= 0.6 is 35.0 Å². The highest BCUT2D eigenvalue weighted by molar-refractivity contribution is 8.00. The fraction of sp³-hybridized carbons (Fsp3) is 0.176. The van der Waals surface area contributed by atoms with Gasteiger partial charge in [0.2, 0.25) is 5.88 Å². The number of thioether (sulfide) groups is 1. The van der Waals surface area contributed by atoms with Crippen LogP contribution in [0.1, 0.15) is 6.04 Å². The lowest BCUT2D eigenvalue weighted by Gasteiger charge is -2.27. The minimum absolute atomic E-state index is 0.0141. The highest BCUT2D eigenvalue weighted by Gasteiger charge is 2.27. The topological polar surface area (TPSA) is 49.9 Å². The van der Waals surface area contributed by atoms with Crippen molar-refractivity contribution >= 4 is 57.2 Å². The third kappa shape index (κ3) is 2.99. The average Bonchev–Trinajstić information content (AvgIpc) is 2.77. The second-order valence-electron chi connectivity index (χ2n) is 5.69. The summed E-state index contributed by atoms with van der Waals surface area (Å²) >= 11 is 13.8. The monoisotopic (exact) mass is 395 g/mol. The van der Waals surface area contributed by atoms with E-state index in [1.54, 1.807) is 40.6 Å². The first-order chi connectivity index (χ1) is 12.0. The third-order valence-electron chi connectivity index (χ3n) is 4.07. The van der Waals surface area contributed by atoms with Crippen LogP contribution in [0.2, 0.25) is 10.0 Å². The number of hydrogen-bond donors (Lipinski definition) is 1. The van der Waals surface area contributed by atoms with Gasteiger partial charge in [0, 0.05) is 21.9 Å². The smallest absolute Gasteiger partial charge is 0.221 e. The molecule has 0 atom stereocenters. The Morgan fingerprint density at radius 2 is 1.92 bits per heavy atom. The Morgan fingerprint density at radius 3 is 2.60 bits per heavy atom. The molecule has 0 aliphatic carbocycles. The van der Waals surface area contributed by atoms with Gasteiger partial charge < -0.3 is 9.67 Å². The molecule has 25 heavy (non-hydrogen) atoms. The number of benzene rings is 2. The van der Waals surface area contributed by atoms with Gasteiger partial charge in [-0.1, -0.05) is 23.2 Å². The van der Waals surface area contributed by atoms with Crippen LogP contribution < -0.4 is 0 Å². The van der Waals surface area contributed by atoms with Crippen LogP contribution in [0.15, 0.2) is 46.6 Å². The van der Waals surface area contributed by atoms with E-state index in [1.165, 1.54) is 12.1 Å². The first-order valence-corrected chi connectivity index (χ1v) is 9.42. The van der Waals surface area contributed by atoms with Gasteiger partial charge in [-0.2, -0.15) is 11.8 Å². The highest BCUT2D eigenvalue weighted by Crippen LogP contribution is 2.45. The third-order valence-corrected chi connectivity index (χ3v) is 5.85. The standard InChI is InChI=1S/C17H12Cl2FN3OS/c18-9-1-3-14(13(19)5-9)21-22-16-12-6-10(20)2-4-15(12)23(17(16)24)11-7-25-8-11/h1-6,11,24H,7-8H2. The zero-order valence-electron chi connectivity index (χ0n) is 12.8. The van der Waals surface area contributed by atoms with Gasteiger partial charge in [-0.05, 0) is 36.4 Å². The van der Waals surface area contributed by atoms with E-state index in [4.69, 9.17) is 23.2 Å². The fourth-order valence-corrected chi connectivity index (χ4v) is 3.95. The van der Waals surface area contributed by atoms with Gasteiger partial charge in [0.1, 0.15) is 11.5 Å². The molecule has 3 aromatic rings. The van der Waals surface area contributed by atoms with Crippen LogP contribution in [-0.4, -0.2) is 21.2 Å². The number of aromatic nitrogens is 1. The van der Waals surface area contributed by atoms with Crippen molar-refractivity contribution in [1.29, 1.82) is 0 Å². The second kappa shape index (κ2) is 6.52. The van der Waals surface area contributed by atoms with Crippen LogP contribution in [-0.2, 0) is 0 Å². The molecule has 1 aliphatic rings. The second-order valence-corrected chi connectivity index (χ2v) is 7.61. The zero-order chi connectivity index (χ0) is 17.6. The minimum atomic E-state index is -0.395. The highest BCUT2D eigenvalue weighted by atomic mass is 35.5. The normalized spacial score (nSPS) is 15.2. The minimum Gasteiger partial charge on any atom is -0.493 e. The molecule has 0 amide bonds. The van der Waals surface area contributed by atoms with Gasteiger partial charge in [0.05, 0.1) is 16.6 Å². The molecule has 2 aromatic carbocycles. The van der Waals surface area contributed by atoms with E-state index in [0.29, 0.717) is 21.1 Å². The molecule has 0 spiro atoms. The first kappa shape index (κ1) is 16.7. The van der Waals surface area contributed by atoms with E-state index in [2.05, 4.69) is 10.2 Å². The van der Waals surface area contributed by atoms with Gasteiger partial charge in [0.15, 0.2) is 5.69 Å². The molecule has 1 aliphatic heterocycles. The van der Waals surface area contributed by atoms with Crippen LogP contribution in [0.3, 0.4) is 0 Å². The number of azo groups is 1. The van der Waals surface area contributed by atoms with E-state index in [0.717, 1.165) is 17.0 Å². The molecule has 0 bridgehead atoms. The molecule has 1 N–H and O–H groups in total. The van der Waals surface area contributed by atoms with Crippen molar-refractivity contribution in [3.8, 4) is 5.88 Å². The molecule has 128 valence electrons. The maximum absolute atomic E-state index is 13.7. The Hall–Kier alpha value is -1.76. The Bertz CT molecular complexity index is 1000. The number of fused-ring (bicyclic) bond motifs is 1. The summed E-state index contributed by atoms with van der Waals surface area (Å²) in [6.45, 7) is 0. The molecular weight excluding hydrogens is 384 g/mol. The summed E-state index contributed by atoms with van der Waals surface area (Å²) in [7, 11) is 0. The molecule has 1 fully saturated rings. The molecule has 0 saturated carbocycles. The number of halogens is 3. The van der Waals surface area contributed by atoms with Crippen molar-refractivity contribution in [3.05, 3.63) is 52.3 Å². The molecule has 4 rings (SSSR count). The molecule has 8 heteroatoms. The predicted molar refractivity (Wildman–Crippen MR) is 101 cm³/mol. The van der Waals surface area contributed by atoms with Crippen molar-refractivity contribution < 1.29 is 9.50 Å². The average molecular weight is 396 g/mol. The van der Waals surface area contributed by atoms with Crippen LogP contribution in [0.5, 0.6) is 5.88 Å². The summed E-state index contributed by atoms with van der Waals surface area (Å²) in [5.74, 6) is 1.39. The lowest BCUT2D eigenvalue weighted by molar-refractivity contribution is 0.406. The van der Waals surface area contributed by atoms with E-state index in [9.17, 15) is 9.50 Å². The van der Waals surface area contributed by atoms with Crippen molar-refractivity contribution in [2.24, 2.45) is 10.2 Å². The summed E-state index contributed by atoms with van der Waals surface area (Å²) in [4.78, 5) is 0. The maximum Gasteiger partial charge on any atom is 0.221 e. The van der Waals surface area contributed by atoms with Crippen LogP contribution in [0.4, 0.5) is 15.8 Å². The number of rotatable bonds is 3. The van der Waals surface area contributed by atoms with Gasteiger partial charge in [-0.25, -0.2) is 4.39 Å². The van der Waals surface area contributed by atoms with Crippen LogP contribution in [0.25, 0.3) is 10.9 Å². The molecule has 0 radical (unpaired) electrons. The molecule has 1 aromatic heterocycles. The lowest BCUT2D eigenvalue weighted by Crippen LogP contribution is -2.22. The largest absolute Gasteiger partial charge is 0.493 e. The number of aromatic hydroxyl groups is 1. The van der Waals surface area contributed by atoms with Crippen molar-refractivity contribution in [3.63, 3.8) is 0 Å². The van der Waals surface area contributed by atoms with E-state index >= 15 is 0 Å². The van der Waals surface area contributed by atoms with Gasteiger partial charge in [-0.15, -0.1) is 10.2 Å². The van der Waals surface area contributed by atoms with E-state index < -0.39 is 5.82 Å². The Kier molecular flexibility index (Phi) is 4.35. The Morgan fingerprint density at radius 1 is 1.12 bits per heavy atom. The van der Waals surface area contributed by atoms with Gasteiger partial charge >= 0.3 is 0 Å². The van der Waals surface area contributed by atoms with Gasteiger partial charge in [-0.3, -0.25) is 0 Å². The zero-order valence-corrected chi connectivity index (χ0v) is 15.1. The summed E-state index contributed by atoms with van der Waals surface area (Å²) in [5, 5.41) is 20.3. The number of nitrogens with zero attached hydrogens (tertiary/aromatic N) is 3. The predicted octanol–water partition coefficient (Wildman–Crippen LogP) is 6.50. The molecule has 4 nitrogen and oxygen atoms in total. The maximum atomic E-state index is 13.7. The Balaban J connectivity index is 1.84. The summed E-state index contributed by atoms with van der Waals surface area (Å²) < 4.78 is 15.5. The fourth-order valence-electron chi connectivity index (χ4n) is 2.76. The summed E-state index contributed by atoms with van der Waals surface area (Å²) in [6.07, 6.45) is 0. The SMILES string of the molecule is Oc1c(N=Nc2ccc(Cl)cc2Cl)c2cc(F)ccc2n1C1CSC1. The van der Waals surface area contributed by atoms with E-state index in [1.807, 2.05) is 0 Å². The van der Waals surface area contributed by atoms with Crippen LogP contribution in [0, 0.1) is 5.82 Å². The number of hydrogen-bond acceptors (Lipinski definition) is 4. The molecule has 0 unspecified atom stereocenters. The molecule has 1 saturated heterocycles. The first-order valence-electron chi connectivity index (χ1n) is 7.51. The summed E-state index contributed by atoms with van der Waals surface area (Å²) in [6, 6.07) is 9.40. The quantitative estimate of drug-likeness (QED) is 0.514. The molecule has 2 heterocycles. The van der Waals surface area contributed by atoms with Crippen molar-refractivity contribution in [2.45, 2.75) is 6.04 Å². The molecular formula is C17H12Cl2FN3OS. The summed E-state index contributed by atoms with van der Waals surface area (Å²) in [5.41, 5.74) is 1.39. The lowest BCUT2D eigenvalue weighted by atomic mass is 10.2. The Labute approximate surface area is 157 Å².